The molecule has 2 aliphatic rings. The van der Waals surface area contributed by atoms with Crippen molar-refractivity contribution < 1.29 is 14.7 Å². The highest BCUT2D eigenvalue weighted by Gasteiger charge is 2.43. The third kappa shape index (κ3) is 4.18. The van der Waals surface area contributed by atoms with Crippen molar-refractivity contribution in [1.82, 2.24) is 9.80 Å². The fourth-order valence-electron chi connectivity index (χ4n) is 4.53. The molecular weight excluding hydrogens is 340 g/mol. The number of nitrogens with zero attached hydrogens (tertiary/aromatic N) is 2. The number of benzene rings is 1. The molecule has 0 aromatic heterocycles. The van der Waals surface area contributed by atoms with Gasteiger partial charge in [-0.3, -0.25) is 9.59 Å². The molecule has 0 saturated carbocycles. The Bertz CT molecular complexity index is 663. The molecule has 5 heteroatoms. The van der Waals surface area contributed by atoms with Crippen molar-refractivity contribution in [2.24, 2.45) is 5.41 Å². The summed E-state index contributed by atoms with van der Waals surface area (Å²) in [4.78, 5) is 29.3. The van der Waals surface area contributed by atoms with Crippen molar-refractivity contribution >= 4 is 11.8 Å². The van der Waals surface area contributed by atoms with Gasteiger partial charge in [-0.05, 0) is 50.5 Å². The maximum atomic E-state index is 13.2. The number of likely N-dealkylation sites (tertiary alicyclic amines) is 2. The Morgan fingerprint density at radius 1 is 1.15 bits per heavy atom. The number of aliphatic hydroxyl groups is 1. The van der Waals surface area contributed by atoms with E-state index in [9.17, 15) is 9.59 Å². The predicted molar refractivity (Wildman–Crippen MR) is 105 cm³/mol. The average Bonchev–Trinajstić information content (AvgIpc) is 2.69. The summed E-state index contributed by atoms with van der Waals surface area (Å²) in [5.74, 6) is 0.394. The van der Waals surface area contributed by atoms with Crippen LogP contribution in [0.1, 0.15) is 51.5 Å². The molecule has 3 rings (SSSR count). The van der Waals surface area contributed by atoms with Gasteiger partial charge in [0.05, 0.1) is 5.41 Å². The van der Waals surface area contributed by atoms with Crippen LogP contribution in [0.3, 0.4) is 0 Å². The topological polar surface area (TPSA) is 60.9 Å². The quantitative estimate of drug-likeness (QED) is 0.864. The molecule has 148 valence electrons. The number of hydrogen-bond donors (Lipinski definition) is 1. The van der Waals surface area contributed by atoms with E-state index in [1.165, 1.54) is 0 Å². The van der Waals surface area contributed by atoms with E-state index in [4.69, 9.17) is 5.11 Å². The summed E-state index contributed by atoms with van der Waals surface area (Å²) in [7, 11) is 0. The second kappa shape index (κ2) is 8.01. The van der Waals surface area contributed by atoms with Gasteiger partial charge in [-0.15, -0.1) is 0 Å². The van der Waals surface area contributed by atoms with Gasteiger partial charge in [-0.1, -0.05) is 30.3 Å². The third-order valence-corrected chi connectivity index (χ3v) is 6.48. The van der Waals surface area contributed by atoms with Crippen molar-refractivity contribution in [3.63, 3.8) is 0 Å². The molecule has 27 heavy (non-hydrogen) atoms. The normalized spacial score (nSPS) is 20.2. The highest BCUT2D eigenvalue weighted by Crippen LogP contribution is 2.41. The predicted octanol–water partition coefficient (Wildman–Crippen LogP) is 2.58. The number of piperidine rings is 2. The largest absolute Gasteiger partial charge is 0.396 e. The van der Waals surface area contributed by atoms with Crippen molar-refractivity contribution in [2.75, 3.05) is 32.8 Å². The van der Waals surface area contributed by atoms with E-state index < -0.39 is 5.41 Å². The monoisotopic (exact) mass is 372 g/mol. The molecule has 1 aromatic rings. The van der Waals surface area contributed by atoms with E-state index in [1.807, 2.05) is 54.0 Å². The van der Waals surface area contributed by atoms with E-state index >= 15 is 0 Å². The molecule has 0 atom stereocenters. The number of amides is 2. The van der Waals surface area contributed by atoms with Gasteiger partial charge in [0.2, 0.25) is 11.8 Å². The Morgan fingerprint density at radius 2 is 1.81 bits per heavy atom. The average molecular weight is 373 g/mol. The standard InChI is InChI=1S/C22H32N2O3/c1-21(2,18-7-4-3-5-8-18)20(27)23-14-11-22(12-15-23)10-9-19(26)24(17-22)13-6-16-25/h3-5,7-8,25H,6,9-17H2,1-2H3. The number of rotatable bonds is 5. The third-order valence-electron chi connectivity index (χ3n) is 6.48. The zero-order valence-corrected chi connectivity index (χ0v) is 16.6. The Hall–Kier alpha value is -1.88. The van der Waals surface area contributed by atoms with Crippen LogP contribution in [0.25, 0.3) is 0 Å². The molecule has 1 spiro atoms. The van der Waals surface area contributed by atoms with Crippen molar-refractivity contribution in [3.8, 4) is 0 Å². The van der Waals surface area contributed by atoms with Gasteiger partial charge in [-0.2, -0.15) is 0 Å². The molecule has 2 saturated heterocycles. The van der Waals surface area contributed by atoms with Crippen LogP contribution >= 0.6 is 0 Å². The molecule has 0 radical (unpaired) electrons. The fraction of sp³-hybridized carbons (Fsp3) is 0.636. The highest BCUT2D eigenvalue weighted by molar-refractivity contribution is 5.87. The first-order valence-corrected chi connectivity index (χ1v) is 10.1. The SMILES string of the molecule is CC(C)(C(=O)N1CCC2(CCC(=O)N(CCCO)C2)CC1)c1ccccc1. The van der Waals surface area contributed by atoms with Gasteiger partial charge in [-0.25, -0.2) is 0 Å². The zero-order chi connectivity index (χ0) is 19.5. The van der Waals surface area contributed by atoms with Crippen LogP contribution in [-0.2, 0) is 15.0 Å². The first kappa shape index (κ1) is 19.9. The van der Waals surface area contributed by atoms with Crippen molar-refractivity contribution in [1.29, 1.82) is 0 Å². The molecule has 2 amide bonds. The summed E-state index contributed by atoms with van der Waals surface area (Å²) in [6.07, 6.45) is 4.05. The van der Waals surface area contributed by atoms with Gasteiger partial charge in [0, 0.05) is 39.2 Å². The molecule has 0 aliphatic carbocycles. The Labute approximate surface area is 162 Å². The number of carbonyl (C=O) groups excluding carboxylic acids is 2. The number of aliphatic hydroxyl groups excluding tert-OH is 1. The van der Waals surface area contributed by atoms with Crippen LogP contribution in [0.2, 0.25) is 0 Å². The van der Waals surface area contributed by atoms with E-state index in [1.54, 1.807) is 0 Å². The summed E-state index contributed by atoms with van der Waals surface area (Å²) >= 11 is 0. The smallest absolute Gasteiger partial charge is 0.232 e. The Kier molecular flexibility index (Phi) is 5.89. The summed E-state index contributed by atoms with van der Waals surface area (Å²) < 4.78 is 0. The second-order valence-corrected chi connectivity index (χ2v) is 8.68. The zero-order valence-electron chi connectivity index (χ0n) is 16.6. The number of carbonyl (C=O) groups is 2. The number of hydrogen-bond acceptors (Lipinski definition) is 3. The molecular formula is C22H32N2O3. The van der Waals surface area contributed by atoms with Crippen LogP contribution in [0.15, 0.2) is 30.3 Å². The summed E-state index contributed by atoms with van der Waals surface area (Å²) in [5.41, 5.74) is 0.659. The first-order chi connectivity index (χ1) is 12.9. The van der Waals surface area contributed by atoms with Crippen molar-refractivity contribution in [2.45, 2.75) is 51.4 Å². The van der Waals surface area contributed by atoms with E-state index in [-0.39, 0.29) is 23.8 Å². The molecule has 0 bridgehead atoms. The molecule has 5 nitrogen and oxygen atoms in total. The first-order valence-electron chi connectivity index (χ1n) is 10.1. The maximum absolute atomic E-state index is 13.2. The lowest BCUT2D eigenvalue weighted by Gasteiger charge is -2.48. The maximum Gasteiger partial charge on any atom is 0.232 e. The van der Waals surface area contributed by atoms with Gasteiger partial charge in [0.15, 0.2) is 0 Å². The van der Waals surface area contributed by atoms with E-state index in [0.29, 0.717) is 19.4 Å². The lowest BCUT2D eigenvalue weighted by molar-refractivity contribution is -0.144. The van der Waals surface area contributed by atoms with Gasteiger partial charge >= 0.3 is 0 Å². The lowest BCUT2D eigenvalue weighted by Crippen LogP contribution is -2.54. The second-order valence-electron chi connectivity index (χ2n) is 8.68. The van der Waals surface area contributed by atoms with Gasteiger partial charge in [0.25, 0.3) is 0 Å². The van der Waals surface area contributed by atoms with Crippen LogP contribution in [0, 0.1) is 5.41 Å². The minimum atomic E-state index is -0.526. The summed E-state index contributed by atoms with van der Waals surface area (Å²) in [5, 5.41) is 9.07. The minimum Gasteiger partial charge on any atom is -0.396 e. The minimum absolute atomic E-state index is 0.119. The molecule has 1 aromatic carbocycles. The van der Waals surface area contributed by atoms with Gasteiger partial charge < -0.3 is 14.9 Å². The lowest BCUT2D eigenvalue weighted by atomic mass is 9.71. The van der Waals surface area contributed by atoms with Crippen molar-refractivity contribution in [3.05, 3.63) is 35.9 Å². The Balaban J connectivity index is 1.63. The Morgan fingerprint density at radius 3 is 2.44 bits per heavy atom. The van der Waals surface area contributed by atoms with Crippen LogP contribution < -0.4 is 0 Å². The van der Waals surface area contributed by atoms with E-state index in [0.717, 1.165) is 44.5 Å². The molecule has 2 fully saturated rings. The van der Waals surface area contributed by atoms with Crippen LogP contribution in [-0.4, -0.2) is 59.5 Å². The highest BCUT2D eigenvalue weighted by atomic mass is 16.3. The van der Waals surface area contributed by atoms with Gasteiger partial charge in [0.1, 0.15) is 0 Å². The molecule has 1 N–H and O–H groups in total. The molecule has 0 unspecified atom stereocenters. The van der Waals surface area contributed by atoms with Crippen LogP contribution in [0.4, 0.5) is 0 Å². The fourth-order valence-corrected chi connectivity index (χ4v) is 4.53. The molecule has 2 heterocycles. The van der Waals surface area contributed by atoms with Crippen LogP contribution in [0.5, 0.6) is 0 Å². The summed E-state index contributed by atoms with van der Waals surface area (Å²) in [6, 6.07) is 9.98. The summed E-state index contributed by atoms with van der Waals surface area (Å²) in [6.45, 7) is 7.06. The molecule has 2 aliphatic heterocycles. The van der Waals surface area contributed by atoms with E-state index in [2.05, 4.69) is 0 Å².